The molecule has 0 atom stereocenters. The molecule has 0 aromatic heterocycles. The van der Waals surface area contributed by atoms with E-state index >= 15 is 0 Å². The highest BCUT2D eigenvalue weighted by molar-refractivity contribution is 9.10. The van der Waals surface area contributed by atoms with Crippen LogP contribution < -0.4 is 5.32 Å². The Morgan fingerprint density at radius 3 is 2.65 bits per heavy atom. The Balaban J connectivity index is 2.57. The molecule has 0 saturated heterocycles. The number of hydrogen-bond acceptors (Lipinski definition) is 3. The number of carbonyl (C=O) groups excluding carboxylic acids is 2. The number of nitrogens with one attached hydrogen (secondary N) is 1. The molecule has 0 bridgehead atoms. The van der Waals surface area contributed by atoms with Gasteiger partial charge in [-0.15, -0.1) is 0 Å². The van der Waals surface area contributed by atoms with Gasteiger partial charge in [0.15, 0.2) is 5.78 Å². The van der Waals surface area contributed by atoms with Crippen LogP contribution in [0.25, 0.3) is 0 Å². The third-order valence-electron chi connectivity index (χ3n) is 2.25. The highest BCUT2D eigenvalue weighted by atomic mass is 79.9. The number of halogens is 1. The van der Waals surface area contributed by atoms with E-state index in [1.807, 2.05) is 12.1 Å². The number of nitrogens with zero attached hydrogens (tertiary/aromatic N) is 1. The Kier molecular flexibility index (Phi) is 5.31. The summed E-state index contributed by atoms with van der Waals surface area (Å²) in [6.07, 6.45) is 0. The largest absolute Gasteiger partial charge is 0.358 e. The second-order valence-electron chi connectivity index (χ2n) is 3.78. The lowest BCUT2D eigenvalue weighted by atomic mass is 10.1. The Hall–Kier alpha value is -1.20. The molecular weight excluding hydrogens is 284 g/mol. The molecule has 1 aromatic carbocycles. The molecule has 0 fully saturated rings. The maximum atomic E-state index is 11.9. The lowest BCUT2D eigenvalue weighted by molar-refractivity contribution is -0.121. The minimum Gasteiger partial charge on any atom is -0.358 e. The molecule has 1 amide bonds. The zero-order valence-corrected chi connectivity index (χ0v) is 11.5. The van der Waals surface area contributed by atoms with Crippen LogP contribution in [0.15, 0.2) is 28.7 Å². The van der Waals surface area contributed by atoms with E-state index in [0.29, 0.717) is 5.56 Å². The van der Waals surface area contributed by atoms with E-state index in [4.69, 9.17) is 0 Å². The molecule has 0 aliphatic carbocycles. The summed E-state index contributed by atoms with van der Waals surface area (Å²) in [7, 11) is 3.32. The van der Waals surface area contributed by atoms with Crippen molar-refractivity contribution in [3.05, 3.63) is 34.3 Å². The summed E-state index contributed by atoms with van der Waals surface area (Å²) in [6.45, 7) is 0.445. The van der Waals surface area contributed by atoms with Gasteiger partial charge in [-0.1, -0.05) is 28.1 Å². The quantitative estimate of drug-likeness (QED) is 0.834. The Morgan fingerprint density at radius 2 is 2.06 bits per heavy atom. The molecule has 0 aliphatic heterocycles. The van der Waals surface area contributed by atoms with Gasteiger partial charge in [-0.3, -0.25) is 14.5 Å². The van der Waals surface area contributed by atoms with Crippen LogP contribution >= 0.6 is 15.9 Å². The van der Waals surface area contributed by atoms with Crippen LogP contribution in [-0.2, 0) is 4.79 Å². The molecule has 0 heterocycles. The predicted molar refractivity (Wildman–Crippen MR) is 70.0 cm³/mol. The number of rotatable bonds is 5. The van der Waals surface area contributed by atoms with Crippen LogP contribution in [-0.4, -0.2) is 43.8 Å². The number of hydrogen-bond donors (Lipinski definition) is 1. The smallest absolute Gasteiger partial charge is 0.233 e. The van der Waals surface area contributed by atoms with Crippen molar-refractivity contribution in [2.75, 3.05) is 27.2 Å². The van der Waals surface area contributed by atoms with Crippen molar-refractivity contribution < 1.29 is 9.59 Å². The van der Waals surface area contributed by atoms with Gasteiger partial charge in [0, 0.05) is 17.1 Å². The highest BCUT2D eigenvalue weighted by Crippen LogP contribution is 2.12. The van der Waals surface area contributed by atoms with E-state index in [0.717, 1.165) is 4.47 Å². The molecule has 1 aromatic rings. The van der Waals surface area contributed by atoms with Crippen LogP contribution in [0.3, 0.4) is 0 Å². The van der Waals surface area contributed by atoms with Crippen LogP contribution in [0.2, 0.25) is 0 Å². The molecule has 4 nitrogen and oxygen atoms in total. The molecule has 17 heavy (non-hydrogen) atoms. The number of benzene rings is 1. The fraction of sp³-hybridized carbons (Fsp3) is 0.333. The lowest BCUT2D eigenvalue weighted by Crippen LogP contribution is -2.36. The van der Waals surface area contributed by atoms with Crippen LogP contribution in [0.5, 0.6) is 0 Å². The summed E-state index contributed by atoms with van der Waals surface area (Å²) >= 11 is 3.32. The third-order valence-corrected chi connectivity index (χ3v) is 2.75. The first-order chi connectivity index (χ1) is 8.02. The number of carbonyl (C=O) groups is 2. The van der Waals surface area contributed by atoms with Gasteiger partial charge < -0.3 is 5.32 Å². The summed E-state index contributed by atoms with van der Waals surface area (Å²) in [4.78, 5) is 24.7. The van der Waals surface area contributed by atoms with Gasteiger partial charge >= 0.3 is 0 Å². The molecular formula is C12H15BrN2O2. The van der Waals surface area contributed by atoms with Crippen LogP contribution in [0.4, 0.5) is 0 Å². The van der Waals surface area contributed by atoms with Crippen molar-refractivity contribution in [3.63, 3.8) is 0 Å². The Morgan fingerprint density at radius 1 is 1.35 bits per heavy atom. The minimum atomic E-state index is -0.102. The Labute approximate surface area is 109 Å². The maximum Gasteiger partial charge on any atom is 0.233 e. The maximum absolute atomic E-state index is 11.9. The van der Waals surface area contributed by atoms with Gasteiger partial charge in [-0.05, 0) is 19.2 Å². The second-order valence-corrected chi connectivity index (χ2v) is 4.69. The normalized spacial score (nSPS) is 10.4. The summed E-state index contributed by atoms with van der Waals surface area (Å²) < 4.78 is 0.873. The van der Waals surface area contributed by atoms with Crippen molar-refractivity contribution in [1.29, 1.82) is 0 Å². The minimum absolute atomic E-state index is 0.00213. The second kappa shape index (κ2) is 6.51. The van der Waals surface area contributed by atoms with Gasteiger partial charge in [0.2, 0.25) is 5.91 Å². The van der Waals surface area contributed by atoms with Gasteiger partial charge in [-0.2, -0.15) is 0 Å². The SMILES string of the molecule is CNC(=O)CN(C)CC(=O)c1cccc(Br)c1. The van der Waals surface area contributed by atoms with E-state index in [-0.39, 0.29) is 24.8 Å². The summed E-state index contributed by atoms with van der Waals surface area (Å²) in [5.74, 6) is -0.104. The molecule has 0 aliphatic rings. The van der Waals surface area contributed by atoms with Crippen LogP contribution in [0, 0.1) is 0 Å². The van der Waals surface area contributed by atoms with Gasteiger partial charge in [0.1, 0.15) is 0 Å². The van der Waals surface area contributed by atoms with Crippen molar-refractivity contribution in [1.82, 2.24) is 10.2 Å². The first-order valence-corrected chi connectivity index (χ1v) is 6.00. The standard InChI is InChI=1S/C12H15BrN2O2/c1-14-12(17)8-15(2)7-11(16)9-4-3-5-10(13)6-9/h3-6H,7-8H2,1-2H3,(H,14,17). The number of ketones is 1. The first-order valence-electron chi connectivity index (χ1n) is 5.21. The zero-order valence-electron chi connectivity index (χ0n) is 9.87. The summed E-state index contributed by atoms with van der Waals surface area (Å²) in [6, 6.07) is 7.22. The topological polar surface area (TPSA) is 49.4 Å². The van der Waals surface area contributed by atoms with Gasteiger partial charge in [0.25, 0.3) is 0 Å². The third kappa shape index (κ3) is 4.66. The molecule has 0 saturated carbocycles. The van der Waals surface area contributed by atoms with E-state index in [9.17, 15) is 9.59 Å². The predicted octanol–water partition coefficient (Wildman–Crippen LogP) is 1.31. The van der Waals surface area contributed by atoms with Gasteiger partial charge in [0.05, 0.1) is 13.1 Å². The monoisotopic (exact) mass is 298 g/mol. The van der Waals surface area contributed by atoms with Crippen molar-refractivity contribution >= 4 is 27.6 Å². The highest BCUT2D eigenvalue weighted by Gasteiger charge is 2.11. The molecule has 92 valence electrons. The molecule has 1 rings (SSSR count). The van der Waals surface area contributed by atoms with E-state index < -0.39 is 0 Å². The van der Waals surface area contributed by atoms with E-state index in [1.54, 1.807) is 31.1 Å². The van der Waals surface area contributed by atoms with Crippen LogP contribution in [0.1, 0.15) is 10.4 Å². The lowest BCUT2D eigenvalue weighted by Gasteiger charge is -2.14. The van der Waals surface area contributed by atoms with Crippen molar-refractivity contribution in [2.45, 2.75) is 0 Å². The number of Topliss-reactive ketones (excluding diaryl/α,β-unsaturated/α-hetero) is 1. The molecule has 0 unspecified atom stereocenters. The van der Waals surface area contributed by atoms with E-state index in [2.05, 4.69) is 21.2 Å². The Bertz CT molecular complexity index is 421. The fourth-order valence-corrected chi connectivity index (χ4v) is 1.78. The van der Waals surface area contributed by atoms with Crippen molar-refractivity contribution in [2.24, 2.45) is 0 Å². The fourth-order valence-electron chi connectivity index (χ4n) is 1.38. The molecule has 0 radical (unpaired) electrons. The zero-order chi connectivity index (χ0) is 12.8. The molecule has 1 N–H and O–H groups in total. The van der Waals surface area contributed by atoms with E-state index in [1.165, 1.54) is 0 Å². The molecule has 0 spiro atoms. The summed E-state index contributed by atoms with van der Waals surface area (Å²) in [5.41, 5.74) is 0.642. The first kappa shape index (κ1) is 13.9. The van der Waals surface area contributed by atoms with Gasteiger partial charge in [-0.25, -0.2) is 0 Å². The summed E-state index contributed by atoms with van der Waals surface area (Å²) in [5, 5.41) is 2.52. The molecule has 5 heteroatoms. The average molecular weight is 299 g/mol. The van der Waals surface area contributed by atoms with Crippen molar-refractivity contribution in [3.8, 4) is 0 Å². The average Bonchev–Trinajstić information content (AvgIpc) is 2.28. The number of likely N-dealkylation sites (N-methyl/N-ethyl adjacent to an activating group) is 2. The number of amides is 1.